The maximum absolute atomic E-state index is 13.7. The summed E-state index contributed by atoms with van der Waals surface area (Å²) in [5, 5.41) is 17.6. The number of nitrogens with zero attached hydrogens (tertiary/aromatic N) is 1. The van der Waals surface area contributed by atoms with Gasteiger partial charge in [0.05, 0.1) is 6.61 Å². The van der Waals surface area contributed by atoms with Gasteiger partial charge in [-0.25, -0.2) is 4.39 Å². The molecule has 0 aliphatic heterocycles. The zero-order valence-electron chi connectivity index (χ0n) is 11.6. The van der Waals surface area contributed by atoms with E-state index in [9.17, 15) is 9.18 Å². The molecule has 120 valence electrons. The van der Waals surface area contributed by atoms with Crippen LogP contribution in [0.1, 0.15) is 24.8 Å². The molecule has 0 radical (unpaired) electrons. The lowest BCUT2D eigenvalue weighted by atomic mass is 10.1. The molecule has 0 saturated heterocycles. The van der Waals surface area contributed by atoms with Crippen LogP contribution < -0.4 is 0 Å². The molecule has 0 fully saturated rings. The Bertz CT molecular complexity index is 448. The summed E-state index contributed by atoms with van der Waals surface area (Å²) in [4.78, 5) is 12.4. The summed E-state index contributed by atoms with van der Waals surface area (Å²) in [7, 11) is 0. The van der Waals surface area contributed by atoms with Crippen LogP contribution in [0.2, 0.25) is 0 Å². The minimum absolute atomic E-state index is 0. The van der Waals surface area contributed by atoms with Gasteiger partial charge < -0.3 is 10.2 Å². The highest BCUT2D eigenvalue weighted by Crippen LogP contribution is 2.17. The maximum atomic E-state index is 13.7. The summed E-state index contributed by atoms with van der Waals surface area (Å²) < 4.78 is 14.5. The fraction of sp³-hybridized carbons (Fsp3) is 0.500. The molecule has 0 unspecified atom stereocenters. The first kappa shape index (κ1) is 20.3. The number of aliphatic carboxylic acids is 1. The van der Waals surface area contributed by atoms with E-state index in [1.807, 2.05) is 4.90 Å². The Balaban J connectivity index is 0.00000400. The van der Waals surface area contributed by atoms with Crippen LogP contribution in [0.5, 0.6) is 0 Å². The lowest BCUT2D eigenvalue weighted by Gasteiger charge is -2.21. The average Bonchev–Trinajstić information content (AvgIpc) is 2.39. The molecule has 0 spiro atoms. The van der Waals surface area contributed by atoms with E-state index in [0.29, 0.717) is 38.0 Å². The van der Waals surface area contributed by atoms with Crippen molar-refractivity contribution in [1.82, 2.24) is 4.90 Å². The van der Waals surface area contributed by atoms with E-state index in [1.165, 1.54) is 6.07 Å². The summed E-state index contributed by atoms with van der Waals surface area (Å²) in [6.07, 6.45) is 1.43. The van der Waals surface area contributed by atoms with Gasteiger partial charge in [0.25, 0.3) is 0 Å². The van der Waals surface area contributed by atoms with Crippen LogP contribution >= 0.6 is 28.3 Å². The van der Waals surface area contributed by atoms with Gasteiger partial charge in [-0.05, 0) is 37.6 Å². The fourth-order valence-corrected chi connectivity index (χ4v) is 2.34. The van der Waals surface area contributed by atoms with Crippen molar-refractivity contribution in [3.05, 3.63) is 34.1 Å². The first-order valence-electron chi connectivity index (χ1n) is 6.52. The summed E-state index contributed by atoms with van der Waals surface area (Å²) in [5.74, 6) is -1.08. The minimum Gasteiger partial charge on any atom is -0.481 e. The van der Waals surface area contributed by atoms with E-state index in [-0.39, 0.29) is 31.3 Å². The molecule has 1 aromatic rings. The molecule has 0 amide bonds. The molecule has 4 nitrogen and oxygen atoms in total. The Morgan fingerprint density at radius 2 is 2.00 bits per heavy atom. The van der Waals surface area contributed by atoms with Crippen LogP contribution in [0.4, 0.5) is 4.39 Å². The zero-order valence-corrected chi connectivity index (χ0v) is 14.0. The maximum Gasteiger partial charge on any atom is 0.303 e. The molecule has 1 aromatic carbocycles. The number of rotatable bonds is 9. The molecule has 0 aliphatic rings. The van der Waals surface area contributed by atoms with Crippen LogP contribution in [0.15, 0.2) is 22.7 Å². The van der Waals surface area contributed by atoms with Crippen molar-refractivity contribution in [1.29, 1.82) is 0 Å². The first-order valence-corrected chi connectivity index (χ1v) is 7.31. The van der Waals surface area contributed by atoms with E-state index in [2.05, 4.69) is 15.9 Å². The third-order valence-corrected chi connectivity index (χ3v) is 3.43. The average molecular weight is 385 g/mol. The molecule has 0 aliphatic carbocycles. The van der Waals surface area contributed by atoms with Gasteiger partial charge in [0.1, 0.15) is 5.82 Å². The van der Waals surface area contributed by atoms with Crippen LogP contribution in [0, 0.1) is 5.82 Å². The predicted molar refractivity (Wildman–Crippen MR) is 85.2 cm³/mol. The normalized spacial score (nSPS) is 10.5. The fourth-order valence-electron chi connectivity index (χ4n) is 1.93. The minimum atomic E-state index is -0.809. The Labute approximate surface area is 138 Å². The highest BCUT2D eigenvalue weighted by molar-refractivity contribution is 9.10. The van der Waals surface area contributed by atoms with Crippen molar-refractivity contribution in [2.45, 2.75) is 25.8 Å². The molecular formula is C14H20BrClFNO3. The SMILES string of the molecule is Cl.O=C(O)CCCCN(CCO)Cc1cc(Br)ccc1F. The van der Waals surface area contributed by atoms with Crippen LogP contribution in [0.3, 0.4) is 0 Å². The lowest BCUT2D eigenvalue weighted by molar-refractivity contribution is -0.137. The van der Waals surface area contributed by atoms with Crippen molar-refractivity contribution < 1.29 is 19.4 Å². The van der Waals surface area contributed by atoms with Gasteiger partial charge >= 0.3 is 5.97 Å². The van der Waals surface area contributed by atoms with E-state index >= 15 is 0 Å². The second kappa shape index (κ2) is 11.0. The zero-order chi connectivity index (χ0) is 15.0. The molecule has 0 atom stereocenters. The predicted octanol–water partition coefficient (Wildman–Crippen LogP) is 3.06. The quantitative estimate of drug-likeness (QED) is 0.642. The molecule has 21 heavy (non-hydrogen) atoms. The number of carboxylic acids is 1. The number of carbonyl (C=O) groups is 1. The number of hydrogen-bond donors (Lipinski definition) is 2. The van der Waals surface area contributed by atoms with E-state index < -0.39 is 5.97 Å². The van der Waals surface area contributed by atoms with Gasteiger partial charge in [0.2, 0.25) is 0 Å². The Morgan fingerprint density at radius 1 is 1.29 bits per heavy atom. The first-order chi connectivity index (χ1) is 9.52. The number of unbranched alkanes of at least 4 members (excludes halogenated alkanes) is 1. The largest absolute Gasteiger partial charge is 0.481 e. The number of aliphatic hydroxyl groups excluding tert-OH is 1. The number of benzene rings is 1. The Hall–Kier alpha value is -0.690. The van der Waals surface area contributed by atoms with Gasteiger partial charge in [0.15, 0.2) is 0 Å². The Kier molecular flexibility index (Phi) is 10.6. The van der Waals surface area contributed by atoms with Gasteiger partial charge in [-0.15, -0.1) is 12.4 Å². The number of carboxylic acid groups (broad SMARTS) is 1. The van der Waals surface area contributed by atoms with Gasteiger partial charge in [-0.3, -0.25) is 9.69 Å². The lowest BCUT2D eigenvalue weighted by Crippen LogP contribution is -2.28. The molecule has 0 bridgehead atoms. The smallest absolute Gasteiger partial charge is 0.303 e. The van der Waals surface area contributed by atoms with Crippen molar-refractivity contribution in [2.24, 2.45) is 0 Å². The summed E-state index contributed by atoms with van der Waals surface area (Å²) in [5.41, 5.74) is 0.561. The summed E-state index contributed by atoms with van der Waals surface area (Å²) in [6, 6.07) is 4.76. The Morgan fingerprint density at radius 3 is 2.62 bits per heavy atom. The molecule has 7 heteroatoms. The topological polar surface area (TPSA) is 60.8 Å². The monoisotopic (exact) mass is 383 g/mol. The summed E-state index contributed by atoms with van der Waals surface area (Å²) in [6.45, 7) is 1.48. The van der Waals surface area contributed by atoms with Crippen molar-refractivity contribution in [2.75, 3.05) is 19.7 Å². The highest BCUT2D eigenvalue weighted by atomic mass is 79.9. The molecule has 0 aromatic heterocycles. The third kappa shape index (κ3) is 8.36. The van der Waals surface area contributed by atoms with Gasteiger partial charge in [-0.1, -0.05) is 15.9 Å². The molecule has 0 heterocycles. The number of halogens is 3. The van der Waals surface area contributed by atoms with Gasteiger partial charge in [0, 0.05) is 29.5 Å². The molecule has 2 N–H and O–H groups in total. The second-order valence-corrected chi connectivity index (χ2v) is 5.50. The number of aliphatic hydroxyl groups is 1. The molecule has 0 saturated carbocycles. The van der Waals surface area contributed by atoms with E-state index in [1.54, 1.807) is 12.1 Å². The van der Waals surface area contributed by atoms with Crippen LogP contribution in [-0.2, 0) is 11.3 Å². The molecule has 1 rings (SSSR count). The second-order valence-electron chi connectivity index (χ2n) is 4.59. The van der Waals surface area contributed by atoms with E-state index in [0.717, 1.165) is 4.47 Å². The molecular weight excluding hydrogens is 365 g/mol. The van der Waals surface area contributed by atoms with Crippen molar-refractivity contribution in [3.8, 4) is 0 Å². The van der Waals surface area contributed by atoms with Gasteiger partial charge in [-0.2, -0.15) is 0 Å². The van der Waals surface area contributed by atoms with Crippen LogP contribution in [0.25, 0.3) is 0 Å². The third-order valence-electron chi connectivity index (χ3n) is 2.93. The van der Waals surface area contributed by atoms with Crippen molar-refractivity contribution in [3.63, 3.8) is 0 Å². The van der Waals surface area contributed by atoms with E-state index in [4.69, 9.17) is 10.2 Å². The number of hydrogen-bond acceptors (Lipinski definition) is 3. The summed E-state index contributed by atoms with van der Waals surface area (Å²) >= 11 is 3.31. The van der Waals surface area contributed by atoms with Crippen molar-refractivity contribution >= 4 is 34.3 Å². The standard InChI is InChI=1S/C14H19BrFNO3.ClH/c15-12-4-5-13(16)11(9-12)10-17(7-8-18)6-2-1-3-14(19)20;/h4-5,9,18H,1-3,6-8,10H2,(H,19,20);1H. The van der Waals surface area contributed by atoms with Crippen LogP contribution in [-0.4, -0.2) is 40.8 Å². The highest BCUT2D eigenvalue weighted by Gasteiger charge is 2.10.